The summed E-state index contributed by atoms with van der Waals surface area (Å²) in [5.74, 6) is 1.62. The Kier molecular flexibility index (Phi) is 6.04. The Labute approximate surface area is 168 Å². The normalized spacial score (nSPS) is 11.4. The van der Waals surface area contributed by atoms with Gasteiger partial charge >= 0.3 is 5.69 Å². The highest BCUT2D eigenvalue weighted by molar-refractivity contribution is 7.89. The highest BCUT2D eigenvalue weighted by Gasteiger charge is 2.16. The summed E-state index contributed by atoms with van der Waals surface area (Å²) < 4.78 is 40.2. The van der Waals surface area contributed by atoms with Gasteiger partial charge in [0.15, 0.2) is 5.82 Å². The molecule has 10 heteroatoms. The second-order valence-electron chi connectivity index (χ2n) is 6.19. The summed E-state index contributed by atoms with van der Waals surface area (Å²) in [5, 5.41) is 4.33. The lowest BCUT2D eigenvalue weighted by molar-refractivity contribution is 0.413. The summed E-state index contributed by atoms with van der Waals surface area (Å²) in [5.41, 5.74) is 0.414. The zero-order valence-corrected chi connectivity index (χ0v) is 17.1. The number of nitrogens with zero attached hydrogens (tertiary/aromatic N) is 3. The third kappa shape index (κ3) is 4.49. The molecule has 1 aromatic heterocycles. The molecule has 0 radical (unpaired) electrons. The van der Waals surface area contributed by atoms with E-state index in [1.165, 1.54) is 28.5 Å². The number of hydrogen-bond donors (Lipinski definition) is 1. The smallest absolute Gasteiger partial charge is 0.345 e. The van der Waals surface area contributed by atoms with Crippen LogP contribution in [-0.2, 0) is 23.6 Å². The van der Waals surface area contributed by atoms with Crippen molar-refractivity contribution in [1.82, 2.24) is 19.1 Å². The first kappa shape index (κ1) is 20.6. The van der Waals surface area contributed by atoms with E-state index in [2.05, 4.69) is 9.82 Å². The SMILES string of the molecule is COc1ccc(-c2nn(CCNS(=O)(=O)c3cccc(OC)c3)c(=O)n2C)cc1. The Morgan fingerprint density at radius 3 is 2.38 bits per heavy atom. The van der Waals surface area contributed by atoms with Gasteiger partial charge in [-0.1, -0.05) is 6.07 Å². The van der Waals surface area contributed by atoms with E-state index in [4.69, 9.17) is 9.47 Å². The van der Waals surface area contributed by atoms with Gasteiger partial charge in [-0.3, -0.25) is 4.57 Å². The van der Waals surface area contributed by atoms with E-state index in [0.717, 1.165) is 5.56 Å². The Morgan fingerprint density at radius 1 is 1.03 bits per heavy atom. The molecule has 0 aliphatic carbocycles. The maximum Gasteiger partial charge on any atom is 0.345 e. The van der Waals surface area contributed by atoms with Crippen molar-refractivity contribution in [2.75, 3.05) is 20.8 Å². The first-order valence-electron chi connectivity index (χ1n) is 8.77. The van der Waals surface area contributed by atoms with Gasteiger partial charge in [-0.15, -0.1) is 5.10 Å². The van der Waals surface area contributed by atoms with Gasteiger partial charge in [0.2, 0.25) is 10.0 Å². The average Bonchev–Trinajstić information content (AvgIpc) is 3.02. The van der Waals surface area contributed by atoms with E-state index in [0.29, 0.717) is 17.3 Å². The molecule has 0 atom stereocenters. The minimum absolute atomic E-state index is 0.0124. The van der Waals surface area contributed by atoms with Crippen LogP contribution in [0.3, 0.4) is 0 Å². The van der Waals surface area contributed by atoms with Crippen LogP contribution in [0, 0.1) is 0 Å². The van der Waals surface area contributed by atoms with E-state index < -0.39 is 10.0 Å². The van der Waals surface area contributed by atoms with Crippen LogP contribution in [0.25, 0.3) is 11.4 Å². The van der Waals surface area contributed by atoms with Crippen molar-refractivity contribution in [2.24, 2.45) is 7.05 Å². The highest BCUT2D eigenvalue weighted by atomic mass is 32.2. The summed E-state index contributed by atoms with van der Waals surface area (Å²) in [6, 6.07) is 13.3. The zero-order chi connectivity index (χ0) is 21.0. The maximum atomic E-state index is 12.4. The molecule has 0 saturated carbocycles. The fourth-order valence-corrected chi connectivity index (χ4v) is 3.82. The highest BCUT2D eigenvalue weighted by Crippen LogP contribution is 2.19. The Balaban J connectivity index is 1.73. The van der Waals surface area contributed by atoms with Gasteiger partial charge in [0, 0.05) is 25.2 Å². The summed E-state index contributed by atoms with van der Waals surface area (Å²) in [4.78, 5) is 12.5. The standard InChI is InChI=1S/C19H22N4O5S/c1-22-18(14-7-9-15(27-2)10-8-14)21-23(19(22)24)12-11-20-29(25,26)17-6-4-5-16(13-17)28-3/h4-10,13,20H,11-12H2,1-3H3. The number of benzene rings is 2. The van der Waals surface area contributed by atoms with Gasteiger partial charge in [-0.25, -0.2) is 22.6 Å². The molecule has 3 aromatic rings. The third-order valence-electron chi connectivity index (χ3n) is 4.36. The minimum Gasteiger partial charge on any atom is -0.497 e. The predicted molar refractivity (Wildman–Crippen MR) is 108 cm³/mol. The number of aromatic nitrogens is 3. The molecule has 1 heterocycles. The quantitative estimate of drug-likeness (QED) is 0.590. The van der Waals surface area contributed by atoms with Crippen molar-refractivity contribution in [3.8, 4) is 22.9 Å². The van der Waals surface area contributed by atoms with E-state index >= 15 is 0 Å². The summed E-state index contributed by atoms with van der Waals surface area (Å²) in [6.07, 6.45) is 0. The van der Waals surface area contributed by atoms with Crippen LogP contribution in [0.15, 0.2) is 58.2 Å². The maximum absolute atomic E-state index is 12.4. The molecule has 1 N–H and O–H groups in total. The number of sulfonamides is 1. The lowest BCUT2D eigenvalue weighted by Gasteiger charge is -2.07. The molecule has 0 spiro atoms. The molecule has 9 nitrogen and oxygen atoms in total. The van der Waals surface area contributed by atoms with Gasteiger partial charge in [0.25, 0.3) is 0 Å². The van der Waals surface area contributed by atoms with Gasteiger partial charge in [-0.2, -0.15) is 0 Å². The van der Waals surface area contributed by atoms with Crippen molar-refractivity contribution >= 4 is 10.0 Å². The molecule has 2 aromatic carbocycles. The molecule has 0 bridgehead atoms. The van der Waals surface area contributed by atoms with Gasteiger partial charge in [0.05, 0.1) is 25.7 Å². The Bertz CT molecular complexity index is 1150. The Hall–Kier alpha value is -3.11. The lowest BCUT2D eigenvalue weighted by Crippen LogP contribution is -2.31. The molecule has 0 aliphatic heterocycles. The lowest BCUT2D eigenvalue weighted by atomic mass is 10.2. The molecule has 0 amide bonds. The molecule has 154 valence electrons. The van der Waals surface area contributed by atoms with Crippen LogP contribution >= 0.6 is 0 Å². The fourth-order valence-electron chi connectivity index (χ4n) is 2.76. The van der Waals surface area contributed by atoms with Gasteiger partial charge < -0.3 is 9.47 Å². The van der Waals surface area contributed by atoms with Crippen LogP contribution in [0.4, 0.5) is 0 Å². The summed E-state index contributed by atoms with van der Waals surface area (Å²) in [6.45, 7) is 0.102. The number of methoxy groups -OCH3 is 2. The molecule has 0 unspecified atom stereocenters. The van der Waals surface area contributed by atoms with Crippen LogP contribution in [0.5, 0.6) is 11.5 Å². The van der Waals surface area contributed by atoms with Crippen LogP contribution in [-0.4, -0.2) is 43.5 Å². The van der Waals surface area contributed by atoms with E-state index in [1.54, 1.807) is 50.6 Å². The average molecular weight is 418 g/mol. The molecular formula is C19H22N4O5S. The van der Waals surface area contributed by atoms with E-state index in [1.807, 2.05) is 0 Å². The number of ether oxygens (including phenoxy) is 2. The summed E-state index contributed by atoms with van der Waals surface area (Å²) in [7, 11) is 0.925. The number of nitrogens with one attached hydrogen (secondary N) is 1. The van der Waals surface area contributed by atoms with Crippen LogP contribution in [0.2, 0.25) is 0 Å². The van der Waals surface area contributed by atoms with Crippen molar-refractivity contribution in [1.29, 1.82) is 0 Å². The first-order valence-corrected chi connectivity index (χ1v) is 10.3. The minimum atomic E-state index is -3.73. The number of rotatable bonds is 8. The Morgan fingerprint density at radius 2 is 1.72 bits per heavy atom. The third-order valence-corrected chi connectivity index (χ3v) is 5.81. The second kappa shape index (κ2) is 8.50. The van der Waals surface area contributed by atoms with Crippen molar-refractivity contribution in [2.45, 2.75) is 11.4 Å². The second-order valence-corrected chi connectivity index (χ2v) is 7.96. The monoisotopic (exact) mass is 418 g/mol. The first-order chi connectivity index (χ1) is 13.9. The molecule has 3 rings (SSSR count). The molecule has 0 aliphatic rings. The fraction of sp³-hybridized carbons (Fsp3) is 0.263. The van der Waals surface area contributed by atoms with Crippen molar-refractivity contribution in [3.63, 3.8) is 0 Å². The molecule has 29 heavy (non-hydrogen) atoms. The van der Waals surface area contributed by atoms with E-state index in [-0.39, 0.29) is 23.7 Å². The predicted octanol–water partition coefficient (Wildman–Crippen LogP) is 1.24. The molecular weight excluding hydrogens is 396 g/mol. The summed E-state index contributed by atoms with van der Waals surface area (Å²) >= 11 is 0. The van der Waals surface area contributed by atoms with Gasteiger partial charge in [0.1, 0.15) is 11.5 Å². The van der Waals surface area contributed by atoms with E-state index in [9.17, 15) is 13.2 Å². The van der Waals surface area contributed by atoms with Gasteiger partial charge in [-0.05, 0) is 36.4 Å². The van der Waals surface area contributed by atoms with Crippen LogP contribution in [0.1, 0.15) is 0 Å². The van der Waals surface area contributed by atoms with Crippen molar-refractivity contribution < 1.29 is 17.9 Å². The molecule has 0 saturated heterocycles. The molecule has 0 fully saturated rings. The number of hydrogen-bond acceptors (Lipinski definition) is 6. The largest absolute Gasteiger partial charge is 0.497 e. The van der Waals surface area contributed by atoms with Crippen LogP contribution < -0.4 is 19.9 Å². The zero-order valence-electron chi connectivity index (χ0n) is 16.3. The van der Waals surface area contributed by atoms with Crippen molar-refractivity contribution in [3.05, 3.63) is 59.0 Å². The topological polar surface area (TPSA) is 104 Å².